The molecule has 3 rings (SSSR count). The van der Waals surface area contributed by atoms with Crippen molar-refractivity contribution in [2.24, 2.45) is 0 Å². The summed E-state index contributed by atoms with van der Waals surface area (Å²) in [5, 5.41) is 2.81. The van der Waals surface area contributed by atoms with E-state index in [1.165, 1.54) is 16.4 Å². The van der Waals surface area contributed by atoms with Crippen LogP contribution in [-0.4, -0.2) is 56.4 Å². The van der Waals surface area contributed by atoms with Crippen molar-refractivity contribution >= 4 is 44.2 Å². The maximum atomic E-state index is 13.2. The lowest BCUT2D eigenvalue weighted by Crippen LogP contribution is -2.43. The molecule has 1 atom stereocenters. The number of aryl methyl sites for hydroxylation is 1. The molecule has 1 saturated heterocycles. The molecule has 0 aliphatic carbocycles. The van der Waals surface area contributed by atoms with Crippen molar-refractivity contribution in [2.45, 2.75) is 51.5 Å². The number of carbonyl (C=O) groups is 3. The molecule has 2 heterocycles. The molecule has 9 nitrogen and oxygen atoms in total. The van der Waals surface area contributed by atoms with Crippen molar-refractivity contribution < 1.29 is 32.3 Å². The Morgan fingerprint density at radius 3 is 2.29 bits per heavy atom. The van der Waals surface area contributed by atoms with Crippen LogP contribution in [0.15, 0.2) is 29.2 Å². The zero-order valence-electron chi connectivity index (χ0n) is 19.5. The molecule has 0 bridgehead atoms. The van der Waals surface area contributed by atoms with Gasteiger partial charge in [0.2, 0.25) is 15.9 Å². The molecule has 34 heavy (non-hydrogen) atoms. The van der Waals surface area contributed by atoms with Gasteiger partial charge >= 0.3 is 11.9 Å². The number of sulfonamides is 1. The van der Waals surface area contributed by atoms with Crippen molar-refractivity contribution in [3.63, 3.8) is 0 Å². The van der Waals surface area contributed by atoms with Gasteiger partial charge in [-0.25, -0.2) is 18.0 Å². The molecule has 1 aromatic heterocycles. The van der Waals surface area contributed by atoms with Crippen LogP contribution in [0.3, 0.4) is 0 Å². The van der Waals surface area contributed by atoms with E-state index in [-0.39, 0.29) is 40.1 Å². The Balaban J connectivity index is 1.92. The largest absolute Gasteiger partial charge is 0.462 e. The van der Waals surface area contributed by atoms with Gasteiger partial charge in [-0.1, -0.05) is 17.7 Å². The van der Waals surface area contributed by atoms with E-state index in [4.69, 9.17) is 9.47 Å². The molecule has 1 fully saturated rings. The number of hydrogen-bond acceptors (Lipinski definition) is 8. The number of amides is 1. The lowest BCUT2D eigenvalue weighted by Gasteiger charge is -2.23. The Morgan fingerprint density at radius 1 is 1.06 bits per heavy atom. The van der Waals surface area contributed by atoms with E-state index in [1.54, 1.807) is 32.9 Å². The van der Waals surface area contributed by atoms with Gasteiger partial charge in [0.15, 0.2) is 0 Å². The van der Waals surface area contributed by atoms with Crippen LogP contribution in [0.4, 0.5) is 5.00 Å². The lowest BCUT2D eigenvalue weighted by molar-refractivity contribution is -0.119. The SMILES string of the molecule is CCOC(=O)c1sc(NC(=O)C2CCCN2S(=O)(=O)c2ccc(C)cc2)c(C(=O)OCC)c1C. The van der Waals surface area contributed by atoms with Gasteiger partial charge < -0.3 is 14.8 Å². The van der Waals surface area contributed by atoms with Crippen LogP contribution in [0, 0.1) is 13.8 Å². The third-order valence-corrected chi connectivity index (χ3v) is 8.57. The number of thiophene rings is 1. The van der Waals surface area contributed by atoms with E-state index in [9.17, 15) is 22.8 Å². The van der Waals surface area contributed by atoms with Crippen LogP contribution in [0.1, 0.15) is 57.8 Å². The molecule has 0 spiro atoms. The van der Waals surface area contributed by atoms with Gasteiger partial charge in [0.05, 0.1) is 23.7 Å². The minimum atomic E-state index is -3.89. The third kappa shape index (κ3) is 5.16. The number of carbonyl (C=O) groups excluding carboxylic acids is 3. The number of anilines is 1. The van der Waals surface area contributed by atoms with Crippen LogP contribution >= 0.6 is 11.3 Å². The number of nitrogens with one attached hydrogen (secondary N) is 1. The van der Waals surface area contributed by atoms with E-state index in [2.05, 4.69) is 5.32 Å². The predicted molar refractivity (Wildman–Crippen MR) is 128 cm³/mol. The Labute approximate surface area is 203 Å². The minimum absolute atomic E-state index is 0.0641. The summed E-state index contributed by atoms with van der Waals surface area (Å²) < 4.78 is 37.8. The smallest absolute Gasteiger partial charge is 0.348 e. The summed E-state index contributed by atoms with van der Waals surface area (Å²) in [6, 6.07) is 5.50. The summed E-state index contributed by atoms with van der Waals surface area (Å²) in [4.78, 5) is 38.5. The zero-order chi connectivity index (χ0) is 25.0. The molecule has 184 valence electrons. The van der Waals surface area contributed by atoms with E-state index in [0.29, 0.717) is 18.4 Å². The fourth-order valence-electron chi connectivity index (χ4n) is 3.77. The normalized spacial score (nSPS) is 16.3. The standard InChI is InChI=1S/C23H28N2O7S2/c1-5-31-22(27)18-15(4)19(23(28)32-6-2)33-21(18)24-20(26)17-8-7-13-25(17)34(29,30)16-11-9-14(3)10-12-16/h9-12,17H,5-8,13H2,1-4H3,(H,24,26). The monoisotopic (exact) mass is 508 g/mol. The first-order valence-electron chi connectivity index (χ1n) is 11.0. The van der Waals surface area contributed by atoms with Crippen LogP contribution < -0.4 is 5.32 Å². The maximum Gasteiger partial charge on any atom is 0.348 e. The molecular formula is C23H28N2O7S2. The Bertz CT molecular complexity index is 1190. The van der Waals surface area contributed by atoms with Crippen LogP contribution in [0.5, 0.6) is 0 Å². The van der Waals surface area contributed by atoms with Crippen LogP contribution in [0.2, 0.25) is 0 Å². The molecular weight excluding hydrogens is 480 g/mol. The molecule has 1 amide bonds. The molecule has 1 aromatic carbocycles. The first-order valence-corrected chi connectivity index (χ1v) is 13.2. The van der Waals surface area contributed by atoms with Gasteiger partial charge in [0, 0.05) is 6.54 Å². The molecule has 11 heteroatoms. The number of nitrogens with zero attached hydrogens (tertiary/aromatic N) is 1. The summed E-state index contributed by atoms with van der Waals surface area (Å²) in [6.07, 6.45) is 0.853. The summed E-state index contributed by atoms with van der Waals surface area (Å²) in [5.74, 6) is -1.87. The van der Waals surface area contributed by atoms with Gasteiger partial charge in [-0.15, -0.1) is 11.3 Å². The molecule has 1 unspecified atom stereocenters. The highest BCUT2D eigenvalue weighted by Gasteiger charge is 2.40. The average molecular weight is 509 g/mol. The van der Waals surface area contributed by atoms with Gasteiger partial charge in [-0.3, -0.25) is 4.79 Å². The number of ether oxygens (including phenoxy) is 2. The molecule has 2 aromatic rings. The van der Waals surface area contributed by atoms with Crippen molar-refractivity contribution in [3.8, 4) is 0 Å². The molecule has 0 radical (unpaired) electrons. The summed E-state index contributed by atoms with van der Waals surface area (Å²) in [6.45, 7) is 7.22. The predicted octanol–water partition coefficient (Wildman–Crippen LogP) is 3.51. The summed E-state index contributed by atoms with van der Waals surface area (Å²) in [7, 11) is -3.89. The van der Waals surface area contributed by atoms with Crippen molar-refractivity contribution in [3.05, 3.63) is 45.8 Å². The second-order valence-electron chi connectivity index (χ2n) is 7.78. The first kappa shape index (κ1) is 25.9. The number of esters is 2. The highest BCUT2D eigenvalue weighted by Crippen LogP contribution is 2.35. The molecule has 0 saturated carbocycles. The van der Waals surface area contributed by atoms with E-state index < -0.39 is 33.9 Å². The highest BCUT2D eigenvalue weighted by molar-refractivity contribution is 7.89. The zero-order valence-corrected chi connectivity index (χ0v) is 21.2. The van der Waals surface area contributed by atoms with Gasteiger partial charge in [0.25, 0.3) is 0 Å². The third-order valence-electron chi connectivity index (χ3n) is 5.46. The highest BCUT2D eigenvalue weighted by atomic mass is 32.2. The molecule has 1 aliphatic rings. The van der Waals surface area contributed by atoms with Crippen molar-refractivity contribution in [1.82, 2.24) is 4.31 Å². The van der Waals surface area contributed by atoms with Gasteiger partial charge in [-0.05, 0) is 58.2 Å². The molecule has 1 aliphatic heterocycles. The number of hydrogen-bond donors (Lipinski definition) is 1. The summed E-state index contributed by atoms with van der Waals surface area (Å²) >= 11 is 0.907. The fourth-order valence-corrected chi connectivity index (χ4v) is 6.52. The van der Waals surface area contributed by atoms with Crippen molar-refractivity contribution in [2.75, 3.05) is 25.1 Å². The van der Waals surface area contributed by atoms with Crippen molar-refractivity contribution in [1.29, 1.82) is 0 Å². The molecule has 1 N–H and O–H groups in total. The second-order valence-corrected chi connectivity index (χ2v) is 10.7. The average Bonchev–Trinajstić information content (AvgIpc) is 3.40. The van der Waals surface area contributed by atoms with Gasteiger partial charge in [0.1, 0.15) is 15.9 Å². The van der Waals surface area contributed by atoms with Crippen LogP contribution in [0.25, 0.3) is 0 Å². The van der Waals surface area contributed by atoms with E-state index in [1.807, 2.05) is 6.92 Å². The topological polar surface area (TPSA) is 119 Å². The van der Waals surface area contributed by atoms with Gasteiger partial charge in [-0.2, -0.15) is 4.31 Å². The van der Waals surface area contributed by atoms with Crippen LogP contribution in [-0.2, 0) is 24.3 Å². The Kier molecular flexibility index (Phi) is 8.11. The summed E-state index contributed by atoms with van der Waals surface area (Å²) in [5.41, 5.74) is 1.33. The van der Waals surface area contributed by atoms with E-state index in [0.717, 1.165) is 16.9 Å². The maximum absolute atomic E-state index is 13.2. The Morgan fingerprint density at radius 2 is 1.68 bits per heavy atom. The first-order chi connectivity index (χ1) is 16.1. The lowest BCUT2D eigenvalue weighted by atomic mass is 10.1. The Hall–Kier alpha value is -2.76. The number of benzene rings is 1. The minimum Gasteiger partial charge on any atom is -0.462 e. The quantitative estimate of drug-likeness (QED) is 0.542. The number of rotatable bonds is 8. The van der Waals surface area contributed by atoms with E-state index >= 15 is 0 Å². The second kappa shape index (κ2) is 10.7. The fraction of sp³-hybridized carbons (Fsp3) is 0.435.